The van der Waals surface area contributed by atoms with Gasteiger partial charge in [-0.05, 0) is 47.1 Å². The van der Waals surface area contributed by atoms with E-state index in [-0.39, 0.29) is 11.4 Å². The predicted octanol–water partition coefficient (Wildman–Crippen LogP) is 5.09. The van der Waals surface area contributed by atoms with Crippen molar-refractivity contribution in [3.63, 3.8) is 0 Å². The molecule has 2 heterocycles. The number of nitriles is 1. The molecule has 0 aliphatic rings. The Kier molecular flexibility index (Phi) is 3.97. The van der Waals surface area contributed by atoms with E-state index in [0.29, 0.717) is 5.56 Å². The molecule has 22 heavy (non-hydrogen) atoms. The molecule has 0 radical (unpaired) electrons. The van der Waals surface area contributed by atoms with E-state index in [9.17, 15) is 10.1 Å². The van der Waals surface area contributed by atoms with E-state index in [1.807, 2.05) is 49.4 Å². The smallest absolute Gasteiger partial charge is 0.206 e. The molecular weight excluding hydrogens is 360 g/mol. The number of H-pyrrole nitrogens is 1. The molecule has 0 unspecified atom stereocenters. The number of hydrogen-bond acceptors (Lipinski definition) is 3. The van der Waals surface area contributed by atoms with E-state index in [1.54, 1.807) is 6.08 Å². The zero-order valence-electron chi connectivity index (χ0n) is 11.7. The lowest BCUT2D eigenvalue weighted by molar-refractivity contribution is 0.104. The fourth-order valence-corrected chi connectivity index (χ4v) is 3.77. The lowest BCUT2D eigenvalue weighted by Crippen LogP contribution is -2.03. The molecule has 0 amide bonds. The molecule has 0 spiro atoms. The molecule has 0 bridgehead atoms. The first-order valence-corrected chi connectivity index (χ1v) is 8.20. The Morgan fingerprint density at radius 1 is 1.32 bits per heavy atom. The van der Waals surface area contributed by atoms with Crippen LogP contribution in [0, 0.1) is 18.3 Å². The first kappa shape index (κ1) is 14.8. The Morgan fingerprint density at radius 2 is 2.09 bits per heavy atom. The van der Waals surface area contributed by atoms with Crippen LogP contribution in [0.5, 0.6) is 0 Å². The van der Waals surface area contributed by atoms with Crippen LogP contribution in [0.25, 0.3) is 17.0 Å². The Morgan fingerprint density at radius 3 is 2.77 bits per heavy atom. The summed E-state index contributed by atoms with van der Waals surface area (Å²) < 4.78 is 0.965. The monoisotopic (exact) mass is 370 g/mol. The number of allylic oxidation sites excluding steroid dienone is 1. The number of thiophene rings is 1. The lowest BCUT2D eigenvalue weighted by atomic mass is 10.0. The van der Waals surface area contributed by atoms with Crippen molar-refractivity contribution < 1.29 is 4.79 Å². The van der Waals surface area contributed by atoms with Gasteiger partial charge in [0.1, 0.15) is 11.6 Å². The second-order valence-electron chi connectivity index (χ2n) is 4.81. The molecule has 0 atom stereocenters. The highest BCUT2D eigenvalue weighted by molar-refractivity contribution is 9.11. The van der Waals surface area contributed by atoms with Crippen molar-refractivity contribution in [3.8, 4) is 6.07 Å². The summed E-state index contributed by atoms with van der Waals surface area (Å²) in [6.07, 6.45) is 1.64. The van der Waals surface area contributed by atoms with Crippen LogP contribution in [0.3, 0.4) is 0 Å². The molecule has 5 heteroatoms. The number of carbonyl (C=O) groups is 1. The van der Waals surface area contributed by atoms with Crippen molar-refractivity contribution in [1.82, 2.24) is 4.98 Å². The van der Waals surface area contributed by atoms with Gasteiger partial charge in [-0.15, -0.1) is 11.3 Å². The van der Waals surface area contributed by atoms with Gasteiger partial charge in [0.2, 0.25) is 5.78 Å². The number of benzene rings is 1. The second kappa shape index (κ2) is 5.91. The number of para-hydroxylation sites is 1. The van der Waals surface area contributed by atoms with Crippen LogP contribution in [0.2, 0.25) is 0 Å². The van der Waals surface area contributed by atoms with Gasteiger partial charge in [-0.2, -0.15) is 5.26 Å². The number of aromatic amines is 1. The van der Waals surface area contributed by atoms with Crippen molar-refractivity contribution in [2.75, 3.05) is 0 Å². The lowest BCUT2D eigenvalue weighted by Gasteiger charge is -1.99. The van der Waals surface area contributed by atoms with Crippen molar-refractivity contribution in [3.05, 3.63) is 61.9 Å². The molecule has 0 aliphatic heterocycles. The number of ketones is 1. The van der Waals surface area contributed by atoms with Crippen LogP contribution in [0.1, 0.15) is 20.9 Å². The maximum Gasteiger partial charge on any atom is 0.206 e. The van der Waals surface area contributed by atoms with Gasteiger partial charge in [0.15, 0.2) is 0 Å². The molecule has 0 saturated carbocycles. The summed E-state index contributed by atoms with van der Waals surface area (Å²) in [6.45, 7) is 1.85. The number of aromatic nitrogens is 1. The van der Waals surface area contributed by atoms with Crippen LogP contribution >= 0.6 is 27.3 Å². The summed E-state index contributed by atoms with van der Waals surface area (Å²) in [5.41, 5.74) is 2.39. The van der Waals surface area contributed by atoms with Crippen molar-refractivity contribution >= 4 is 50.0 Å². The van der Waals surface area contributed by atoms with Crippen molar-refractivity contribution in [1.29, 1.82) is 5.26 Å². The van der Waals surface area contributed by atoms with Gasteiger partial charge in [-0.25, -0.2) is 0 Å². The minimum absolute atomic E-state index is 0.141. The van der Waals surface area contributed by atoms with E-state index in [2.05, 4.69) is 20.9 Å². The quantitative estimate of drug-likeness (QED) is 0.396. The normalized spacial score (nSPS) is 11.6. The van der Waals surface area contributed by atoms with E-state index < -0.39 is 0 Å². The highest BCUT2D eigenvalue weighted by atomic mass is 79.9. The molecule has 3 nitrogen and oxygen atoms in total. The van der Waals surface area contributed by atoms with Crippen LogP contribution in [0.4, 0.5) is 0 Å². The molecule has 1 aromatic carbocycles. The summed E-state index contributed by atoms with van der Waals surface area (Å²) in [4.78, 5) is 16.8. The molecule has 2 aromatic heterocycles. The SMILES string of the molecule is Cc1[nH]c2ccccc2c1C(=O)/C(C#N)=C/c1ccc(Br)s1. The summed E-state index contributed by atoms with van der Waals surface area (Å²) in [5.74, 6) is -0.248. The second-order valence-corrected chi connectivity index (χ2v) is 7.31. The minimum atomic E-state index is -0.248. The Labute approximate surface area is 140 Å². The van der Waals surface area contributed by atoms with Gasteiger partial charge >= 0.3 is 0 Å². The maximum absolute atomic E-state index is 12.8. The third kappa shape index (κ3) is 2.63. The Bertz CT molecular complexity index is 943. The maximum atomic E-state index is 12.8. The fraction of sp³-hybridized carbons (Fsp3) is 0.0588. The third-order valence-corrected chi connectivity index (χ3v) is 4.94. The molecular formula is C17H11BrN2OS. The van der Waals surface area contributed by atoms with Crippen LogP contribution in [-0.2, 0) is 0 Å². The molecule has 1 N–H and O–H groups in total. The number of carbonyl (C=O) groups excluding carboxylic acids is 1. The van der Waals surface area contributed by atoms with Gasteiger partial charge < -0.3 is 4.98 Å². The summed E-state index contributed by atoms with van der Waals surface area (Å²) in [7, 11) is 0. The largest absolute Gasteiger partial charge is 0.358 e. The molecule has 3 aromatic rings. The first-order valence-electron chi connectivity index (χ1n) is 6.59. The number of nitrogens with one attached hydrogen (secondary N) is 1. The number of Topliss-reactive ketones (excluding diaryl/α,β-unsaturated/α-hetero) is 1. The third-order valence-electron chi connectivity index (χ3n) is 3.37. The number of fused-ring (bicyclic) bond motifs is 1. The topological polar surface area (TPSA) is 56.6 Å². The highest BCUT2D eigenvalue weighted by Crippen LogP contribution is 2.27. The number of halogens is 1. The first-order chi connectivity index (χ1) is 10.6. The molecule has 0 fully saturated rings. The number of rotatable bonds is 3. The average molecular weight is 371 g/mol. The average Bonchev–Trinajstić information content (AvgIpc) is 3.06. The Balaban J connectivity index is 2.10. The van der Waals surface area contributed by atoms with E-state index >= 15 is 0 Å². The van der Waals surface area contributed by atoms with Gasteiger partial charge in [-0.1, -0.05) is 18.2 Å². The molecule has 108 valence electrons. The number of nitrogens with zero attached hydrogens (tertiary/aromatic N) is 1. The van der Waals surface area contributed by atoms with Crippen LogP contribution in [0.15, 0.2) is 45.8 Å². The van der Waals surface area contributed by atoms with Gasteiger partial charge in [-0.3, -0.25) is 4.79 Å². The zero-order valence-corrected chi connectivity index (χ0v) is 14.1. The van der Waals surface area contributed by atoms with E-state index in [1.165, 1.54) is 11.3 Å². The fourth-order valence-electron chi connectivity index (χ4n) is 2.40. The summed E-state index contributed by atoms with van der Waals surface area (Å²) in [5, 5.41) is 10.2. The number of hydrogen-bond donors (Lipinski definition) is 1. The standard InChI is InChI=1S/C17H11BrN2OS/c1-10-16(13-4-2-3-5-14(13)20-10)17(21)11(9-19)8-12-6-7-15(18)22-12/h2-8,20H,1H3/b11-8+. The molecule has 0 aliphatic carbocycles. The summed E-state index contributed by atoms with van der Waals surface area (Å²) >= 11 is 4.86. The Hall–Kier alpha value is -2.16. The van der Waals surface area contributed by atoms with Crippen molar-refractivity contribution in [2.24, 2.45) is 0 Å². The van der Waals surface area contributed by atoms with E-state index in [0.717, 1.165) is 25.3 Å². The number of aryl methyl sites for hydroxylation is 1. The van der Waals surface area contributed by atoms with Gasteiger partial charge in [0.05, 0.1) is 9.35 Å². The highest BCUT2D eigenvalue weighted by Gasteiger charge is 2.19. The molecule has 3 rings (SSSR count). The van der Waals surface area contributed by atoms with Crippen LogP contribution in [-0.4, -0.2) is 10.8 Å². The zero-order chi connectivity index (χ0) is 15.7. The predicted molar refractivity (Wildman–Crippen MR) is 93.0 cm³/mol. The summed E-state index contributed by atoms with van der Waals surface area (Å²) in [6, 6.07) is 13.4. The van der Waals surface area contributed by atoms with Crippen LogP contribution < -0.4 is 0 Å². The van der Waals surface area contributed by atoms with Gasteiger partial charge in [0, 0.05) is 21.5 Å². The van der Waals surface area contributed by atoms with Crippen molar-refractivity contribution in [2.45, 2.75) is 6.92 Å². The minimum Gasteiger partial charge on any atom is -0.358 e. The molecule has 0 saturated heterocycles. The van der Waals surface area contributed by atoms with E-state index in [4.69, 9.17) is 0 Å². The van der Waals surface area contributed by atoms with Gasteiger partial charge in [0.25, 0.3) is 0 Å².